The van der Waals surface area contributed by atoms with Crippen LogP contribution in [0.25, 0.3) is 11.0 Å². The van der Waals surface area contributed by atoms with Gasteiger partial charge in [0.2, 0.25) is 0 Å². The van der Waals surface area contributed by atoms with Crippen molar-refractivity contribution in [3.63, 3.8) is 0 Å². The lowest BCUT2D eigenvalue weighted by Crippen LogP contribution is -2.21. The summed E-state index contributed by atoms with van der Waals surface area (Å²) in [5, 5.41) is 0. The molecule has 0 amide bonds. The molecule has 0 aliphatic heterocycles. The molecule has 0 fully saturated rings. The Morgan fingerprint density at radius 1 is 1.33 bits per heavy atom. The number of rotatable bonds is 5. The molecule has 1 unspecified atom stereocenters. The molecule has 2 rings (SSSR count). The van der Waals surface area contributed by atoms with Crippen LogP contribution in [-0.2, 0) is 6.54 Å². The number of thiol groups is 1. The second kappa shape index (κ2) is 6.05. The molecule has 0 aliphatic carbocycles. The molecule has 0 spiro atoms. The Labute approximate surface area is 112 Å². The number of hydrogen-bond acceptors (Lipinski definition) is 3. The van der Waals surface area contributed by atoms with Gasteiger partial charge in [0.05, 0.1) is 17.2 Å². The number of fused-ring (bicyclic) bond motifs is 1. The second-order valence-electron chi connectivity index (χ2n) is 4.64. The largest absolute Gasteiger partial charge is 0.305 e. The number of aromatic nitrogens is 2. The summed E-state index contributed by atoms with van der Waals surface area (Å²) in [6, 6.07) is 7.76. The van der Waals surface area contributed by atoms with Gasteiger partial charge in [-0.3, -0.25) is 4.79 Å². The fraction of sp³-hybridized carbons (Fsp3) is 0.429. The molecule has 0 radical (unpaired) electrons. The first kappa shape index (κ1) is 13.1. The van der Waals surface area contributed by atoms with E-state index >= 15 is 0 Å². The van der Waals surface area contributed by atoms with Crippen molar-refractivity contribution in [2.24, 2.45) is 5.92 Å². The Bertz CT molecular complexity index is 579. The minimum absolute atomic E-state index is 0.0215. The molecule has 3 nitrogen and oxygen atoms in total. The van der Waals surface area contributed by atoms with Gasteiger partial charge in [0.1, 0.15) is 0 Å². The maximum absolute atomic E-state index is 11.9. The van der Waals surface area contributed by atoms with Crippen LogP contribution in [0, 0.1) is 5.92 Å². The Balaban J connectivity index is 2.26. The molecule has 0 aliphatic rings. The third kappa shape index (κ3) is 2.93. The fourth-order valence-corrected chi connectivity index (χ4v) is 2.50. The van der Waals surface area contributed by atoms with E-state index in [9.17, 15) is 4.79 Å². The second-order valence-corrected chi connectivity index (χ2v) is 5.09. The van der Waals surface area contributed by atoms with Gasteiger partial charge in [-0.05, 0) is 36.6 Å². The van der Waals surface area contributed by atoms with E-state index in [1.165, 1.54) is 6.20 Å². The third-order valence-electron chi connectivity index (χ3n) is 3.22. The molecule has 1 atom stereocenters. The Morgan fingerprint density at radius 3 is 2.89 bits per heavy atom. The number of para-hydroxylation sites is 2. The van der Waals surface area contributed by atoms with Crippen molar-refractivity contribution in [2.75, 3.05) is 5.75 Å². The molecule has 0 N–H and O–H groups in total. The molecule has 1 aromatic carbocycles. The quantitative estimate of drug-likeness (QED) is 0.841. The van der Waals surface area contributed by atoms with Gasteiger partial charge in [-0.2, -0.15) is 12.6 Å². The smallest absolute Gasteiger partial charge is 0.269 e. The van der Waals surface area contributed by atoms with Crippen molar-refractivity contribution >= 4 is 23.7 Å². The molecule has 2 aromatic rings. The van der Waals surface area contributed by atoms with E-state index in [4.69, 9.17) is 0 Å². The van der Waals surface area contributed by atoms with Gasteiger partial charge in [0.25, 0.3) is 5.56 Å². The van der Waals surface area contributed by atoms with Crippen molar-refractivity contribution in [1.82, 2.24) is 9.55 Å². The lowest BCUT2D eigenvalue weighted by molar-refractivity contribution is 0.471. The normalized spacial score (nSPS) is 12.8. The number of nitrogens with zero attached hydrogens (tertiary/aromatic N) is 2. The van der Waals surface area contributed by atoms with Crippen LogP contribution in [0.4, 0.5) is 0 Å². The molecule has 0 saturated carbocycles. The van der Waals surface area contributed by atoms with Crippen LogP contribution in [0.3, 0.4) is 0 Å². The van der Waals surface area contributed by atoms with E-state index in [1.54, 1.807) is 0 Å². The first-order chi connectivity index (χ1) is 8.72. The maximum Gasteiger partial charge on any atom is 0.269 e. The summed E-state index contributed by atoms with van der Waals surface area (Å²) in [5.41, 5.74) is 1.77. The molecule has 18 heavy (non-hydrogen) atoms. The SMILES string of the molecule is CC(CCS)CCn1c(=O)cnc2ccccc21. The molecular weight excluding hydrogens is 244 g/mol. The molecular formula is C14H18N2OS. The molecule has 96 valence electrons. The van der Waals surface area contributed by atoms with Gasteiger partial charge < -0.3 is 4.57 Å². The minimum Gasteiger partial charge on any atom is -0.305 e. The van der Waals surface area contributed by atoms with Crippen LogP contribution in [-0.4, -0.2) is 15.3 Å². The van der Waals surface area contributed by atoms with Gasteiger partial charge in [-0.1, -0.05) is 19.1 Å². The van der Waals surface area contributed by atoms with Gasteiger partial charge in [-0.15, -0.1) is 0 Å². The van der Waals surface area contributed by atoms with Crippen molar-refractivity contribution in [3.05, 3.63) is 40.8 Å². The topological polar surface area (TPSA) is 34.9 Å². The average Bonchev–Trinajstić information content (AvgIpc) is 2.38. The van der Waals surface area contributed by atoms with Crippen LogP contribution in [0.5, 0.6) is 0 Å². The standard InChI is InChI=1S/C14H18N2OS/c1-11(7-9-18)6-8-16-13-5-3-2-4-12(13)15-10-14(16)17/h2-5,10-11,18H,6-9H2,1H3. The Hall–Kier alpha value is -1.29. The lowest BCUT2D eigenvalue weighted by atomic mass is 10.1. The van der Waals surface area contributed by atoms with Crippen molar-refractivity contribution in [2.45, 2.75) is 26.3 Å². The average molecular weight is 262 g/mol. The summed E-state index contributed by atoms with van der Waals surface area (Å²) in [7, 11) is 0. The zero-order valence-electron chi connectivity index (χ0n) is 10.5. The van der Waals surface area contributed by atoms with Crippen molar-refractivity contribution < 1.29 is 0 Å². The summed E-state index contributed by atoms with van der Waals surface area (Å²) < 4.78 is 1.82. The highest BCUT2D eigenvalue weighted by atomic mass is 32.1. The number of benzene rings is 1. The van der Waals surface area contributed by atoms with E-state index in [0.717, 1.165) is 36.2 Å². The summed E-state index contributed by atoms with van der Waals surface area (Å²) >= 11 is 4.24. The summed E-state index contributed by atoms with van der Waals surface area (Å²) in [5.74, 6) is 1.48. The molecule has 0 bridgehead atoms. The van der Waals surface area contributed by atoms with Crippen LogP contribution in [0.1, 0.15) is 19.8 Å². The third-order valence-corrected chi connectivity index (χ3v) is 3.48. The first-order valence-electron chi connectivity index (χ1n) is 6.28. The fourth-order valence-electron chi connectivity index (χ4n) is 2.06. The Kier molecular flexibility index (Phi) is 4.42. The maximum atomic E-state index is 11.9. The van der Waals surface area contributed by atoms with Gasteiger partial charge in [0, 0.05) is 6.54 Å². The molecule has 1 heterocycles. The highest BCUT2D eigenvalue weighted by molar-refractivity contribution is 7.80. The lowest BCUT2D eigenvalue weighted by Gasteiger charge is -2.13. The predicted octanol–water partition coefficient (Wildman–Crippen LogP) is 2.74. The number of hydrogen-bond donors (Lipinski definition) is 1. The van der Waals surface area contributed by atoms with Gasteiger partial charge in [-0.25, -0.2) is 4.98 Å². The van der Waals surface area contributed by atoms with Crippen molar-refractivity contribution in [3.8, 4) is 0 Å². The highest BCUT2D eigenvalue weighted by Gasteiger charge is 2.06. The van der Waals surface area contributed by atoms with E-state index in [2.05, 4.69) is 24.5 Å². The Morgan fingerprint density at radius 2 is 2.11 bits per heavy atom. The highest BCUT2D eigenvalue weighted by Crippen LogP contribution is 2.13. The van der Waals surface area contributed by atoms with Gasteiger partial charge >= 0.3 is 0 Å². The van der Waals surface area contributed by atoms with Crippen LogP contribution in [0.15, 0.2) is 35.3 Å². The molecule has 4 heteroatoms. The van der Waals surface area contributed by atoms with Gasteiger partial charge in [0.15, 0.2) is 0 Å². The van der Waals surface area contributed by atoms with Crippen molar-refractivity contribution in [1.29, 1.82) is 0 Å². The summed E-state index contributed by atoms with van der Waals surface area (Å²) in [4.78, 5) is 16.0. The zero-order chi connectivity index (χ0) is 13.0. The molecule has 1 aromatic heterocycles. The number of aryl methyl sites for hydroxylation is 1. The van der Waals surface area contributed by atoms with Crippen LogP contribution in [0.2, 0.25) is 0 Å². The van der Waals surface area contributed by atoms with Crippen LogP contribution >= 0.6 is 12.6 Å². The summed E-state index contributed by atoms with van der Waals surface area (Å²) in [6.45, 7) is 2.95. The monoisotopic (exact) mass is 262 g/mol. The zero-order valence-corrected chi connectivity index (χ0v) is 11.4. The van der Waals surface area contributed by atoms with Crippen LogP contribution < -0.4 is 5.56 Å². The van der Waals surface area contributed by atoms with E-state index < -0.39 is 0 Å². The van der Waals surface area contributed by atoms with E-state index in [1.807, 2.05) is 28.8 Å². The minimum atomic E-state index is -0.0215. The van der Waals surface area contributed by atoms with E-state index in [0.29, 0.717) is 5.92 Å². The van der Waals surface area contributed by atoms with E-state index in [-0.39, 0.29) is 5.56 Å². The molecule has 0 saturated heterocycles. The first-order valence-corrected chi connectivity index (χ1v) is 6.91. The predicted molar refractivity (Wildman–Crippen MR) is 78.3 cm³/mol. The summed E-state index contributed by atoms with van der Waals surface area (Å²) in [6.07, 6.45) is 3.49.